The number of hydrogen-bond acceptors (Lipinski definition) is 2. The molecule has 1 atom stereocenters. The second-order valence-electron chi connectivity index (χ2n) is 6.31. The van der Waals surface area contributed by atoms with Gasteiger partial charge in [-0.05, 0) is 32.4 Å². The van der Waals surface area contributed by atoms with Crippen LogP contribution in [0.15, 0.2) is 29.3 Å². The van der Waals surface area contributed by atoms with Crippen molar-refractivity contribution in [3.05, 3.63) is 30.1 Å². The van der Waals surface area contributed by atoms with Crippen LogP contribution in [0.25, 0.3) is 11.0 Å². The summed E-state index contributed by atoms with van der Waals surface area (Å²) in [6, 6.07) is 8.62. The van der Waals surface area contributed by atoms with Crippen molar-refractivity contribution in [1.82, 2.24) is 20.2 Å². The SMILES string of the molecule is CCCCCC(C)NC(=NCc1nc2ccccc2n1C)NCC. The molecule has 0 spiro atoms. The monoisotopic (exact) mass is 329 g/mol. The first-order valence-electron chi connectivity index (χ1n) is 9.10. The lowest BCUT2D eigenvalue weighted by atomic mass is 10.1. The van der Waals surface area contributed by atoms with Crippen LogP contribution in [-0.2, 0) is 13.6 Å². The lowest BCUT2D eigenvalue weighted by Crippen LogP contribution is -2.42. The van der Waals surface area contributed by atoms with Gasteiger partial charge in [0.2, 0.25) is 0 Å². The van der Waals surface area contributed by atoms with Crippen LogP contribution in [0.3, 0.4) is 0 Å². The Kier molecular flexibility index (Phi) is 7.09. The average Bonchev–Trinajstić information content (AvgIpc) is 2.90. The van der Waals surface area contributed by atoms with Gasteiger partial charge in [0, 0.05) is 19.6 Å². The maximum absolute atomic E-state index is 4.72. The minimum atomic E-state index is 0.426. The van der Waals surface area contributed by atoms with E-state index in [9.17, 15) is 0 Å². The molecule has 5 heteroatoms. The van der Waals surface area contributed by atoms with E-state index in [4.69, 9.17) is 4.99 Å². The third kappa shape index (κ3) is 4.98. The van der Waals surface area contributed by atoms with E-state index < -0.39 is 0 Å². The Labute approximate surface area is 145 Å². The van der Waals surface area contributed by atoms with Gasteiger partial charge >= 0.3 is 0 Å². The maximum atomic E-state index is 4.72. The number of imidazole rings is 1. The topological polar surface area (TPSA) is 54.2 Å². The van der Waals surface area contributed by atoms with E-state index in [1.807, 2.05) is 25.2 Å². The summed E-state index contributed by atoms with van der Waals surface area (Å²) >= 11 is 0. The predicted octanol–water partition coefficient (Wildman–Crippen LogP) is 3.60. The molecule has 0 amide bonds. The number of para-hydroxylation sites is 2. The third-order valence-electron chi connectivity index (χ3n) is 4.23. The van der Waals surface area contributed by atoms with Crippen LogP contribution in [0.4, 0.5) is 0 Å². The molecule has 2 rings (SSSR count). The van der Waals surface area contributed by atoms with Gasteiger partial charge in [0.15, 0.2) is 5.96 Å². The number of aromatic nitrogens is 2. The summed E-state index contributed by atoms with van der Waals surface area (Å²) in [5.74, 6) is 1.85. The molecule has 0 radical (unpaired) electrons. The number of aryl methyl sites for hydroxylation is 1. The van der Waals surface area contributed by atoms with Crippen LogP contribution in [-0.4, -0.2) is 28.1 Å². The van der Waals surface area contributed by atoms with Crippen LogP contribution in [0.5, 0.6) is 0 Å². The van der Waals surface area contributed by atoms with Gasteiger partial charge in [-0.1, -0.05) is 38.3 Å². The van der Waals surface area contributed by atoms with Gasteiger partial charge < -0.3 is 15.2 Å². The van der Waals surface area contributed by atoms with Crippen LogP contribution >= 0.6 is 0 Å². The Morgan fingerprint density at radius 1 is 1.25 bits per heavy atom. The molecule has 132 valence electrons. The fourth-order valence-corrected chi connectivity index (χ4v) is 2.81. The lowest BCUT2D eigenvalue weighted by molar-refractivity contribution is 0.546. The smallest absolute Gasteiger partial charge is 0.191 e. The highest BCUT2D eigenvalue weighted by molar-refractivity contribution is 5.80. The highest BCUT2D eigenvalue weighted by atomic mass is 15.2. The van der Waals surface area contributed by atoms with Crippen LogP contribution in [0, 0.1) is 0 Å². The molecule has 0 saturated heterocycles. The van der Waals surface area contributed by atoms with Gasteiger partial charge in [-0.25, -0.2) is 9.98 Å². The zero-order valence-corrected chi connectivity index (χ0v) is 15.5. The summed E-state index contributed by atoms with van der Waals surface area (Å²) in [6.07, 6.45) is 4.98. The molecule has 0 bridgehead atoms. The van der Waals surface area contributed by atoms with Gasteiger partial charge in [-0.15, -0.1) is 0 Å². The van der Waals surface area contributed by atoms with Gasteiger partial charge in [0.05, 0.1) is 11.0 Å². The van der Waals surface area contributed by atoms with Crippen molar-refractivity contribution < 1.29 is 0 Å². The molecule has 0 saturated carbocycles. The standard InChI is InChI=1S/C19H31N5/c1-5-7-8-11-15(3)22-19(20-6-2)21-14-18-23-16-12-9-10-13-17(16)24(18)4/h9-10,12-13,15H,5-8,11,14H2,1-4H3,(H2,20,21,22). The number of nitrogens with zero attached hydrogens (tertiary/aromatic N) is 3. The largest absolute Gasteiger partial charge is 0.357 e. The van der Waals surface area contributed by atoms with Gasteiger partial charge in [0.25, 0.3) is 0 Å². The molecule has 2 N–H and O–H groups in total. The van der Waals surface area contributed by atoms with Crippen molar-refractivity contribution in [1.29, 1.82) is 0 Å². The molecule has 5 nitrogen and oxygen atoms in total. The zero-order valence-electron chi connectivity index (χ0n) is 15.5. The Bertz CT molecular complexity index is 659. The number of fused-ring (bicyclic) bond motifs is 1. The van der Waals surface area contributed by atoms with Crippen LogP contribution in [0.2, 0.25) is 0 Å². The third-order valence-corrected chi connectivity index (χ3v) is 4.23. The molecule has 0 fully saturated rings. The van der Waals surface area contributed by atoms with Crippen molar-refractivity contribution in [2.75, 3.05) is 6.54 Å². The average molecular weight is 329 g/mol. The Balaban J connectivity index is 2.02. The Hall–Kier alpha value is -2.04. The molecule has 1 aromatic carbocycles. The van der Waals surface area contributed by atoms with Gasteiger partial charge in [0.1, 0.15) is 12.4 Å². The van der Waals surface area contributed by atoms with E-state index in [0.29, 0.717) is 12.6 Å². The molecule has 0 aliphatic carbocycles. The van der Waals surface area contributed by atoms with Crippen molar-refractivity contribution in [3.63, 3.8) is 0 Å². The number of rotatable bonds is 8. The molecule has 1 aromatic heterocycles. The fraction of sp³-hybridized carbons (Fsp3) is 0.579. The number of hydrogen-bond donors (Lipinski definition) is 2. The number of unbranched alkanes of at least 4 members (excludes halogenated alkanes) is 2. The van der Waals surface area contributed by atoms with E-state index >= 15 is 0 Å². The van der Waals surface area contributed by atoms with Crippen LogP contribution < -0.4 is 10.6 Å². The van der Waals surface area contributed by atoms with E-state index in [0.717, 1.165) is 29.4 Å². The minimum absolute atomic E-state index is 0.426. The van der Waals surface area contributed by atoms with E-state index in [-0.39, 0.29) is 0 Å². The van der Waals surface area contributed by atoms with E-state index in [1.165, 1.54) is 25.7 Å². The summed E-state index contributed by atoms with van der Waals surface area (Å²) in [7, 11) is 2.05. The normalized spacial score (nSPS) is 13.2. The number of aliphatic imine (C=N–C) groups is 1. The molecular weight excluding hydrogens is 298 g/mol. The highest BCUT2D eigenvalue weighted by Crippen LogP contribution is 2.14. The first kappa shape index (κ1) is 18.3. The van der Waals surface area contributed by atoms with Gasteiger partial charge in [-0.3, -0.25) is 0 Å². The zero-order chi connectivity index (χ0) is 17.4. The molecule has 0 aliphatic rings. The summed E-state index contributed by atoms with van der Waals surface area (Å²) < 4.78 is 2.12. The number of nitrogens with one attached hydrogen (secondary N) is 2. The maximum Gasteiger partial charge on any atom is 0.191 e. The van der Waals surface area contributed by atoms with Crippen molar-refractivity contribution >= 4 is 17.0 Å². The van der Waals surface area contributed by atoms with Crippen molar-refractivity contribution in [3.8, 4) is 0 Å². The molecular formula is C19H31N5. The molecule has 1 unspecified atom stereocenters. The van der Waals surface area contributed by atoms with E-state index in [1.54, 1.807) is 0 Å². The second-order valence-corrected chi connectivity index (χ2v) is 6.31. The minimum Gasteiger partial charge on any atom is -0.357 e. The van der Waals surface area contributed by atoms with Crippen molar-refractivity contribution in [2.24, 2.45) is 12.0 Å². The summed E-state index contributed by atoms with van der Waals surface area (Å²) in [5, 5.41) is 6.83. The molecule has 24 heavy (non-hydrogen) atoms. The summed E-state index contributed by atoms with van der Waals surface area (Å²) in [5.41, 5.74) is 2.17. The van der Waals surface area contributed by atoms with Gasteiger partial charge in [-0.2, -0.15) is 0 Å². The lowest BCUT2D eigenvalue weighted by Gasteiger charge is -2.17. The second kappa shape index (κ2) is 9.30. The fourth-order valence-electron chi connectivity index (χ4n) is 2.81. The van der Waals surface area contributed by atoms with E-state index in [2.05, 4.69) is 47.0 Å². The first-order valence-corrected chi connectivity index (χ1v) is 9.10. The predicted molar refractivity (Wildman–Crippen MR) is 102 cm³/mol. The molecule has 2 aromatic rings. The van der Waals surface area contributed by atoms with Crippen LogP contribution in [0.1, 0.15) is 52.3 Å². The first-order chi connectivity index (χ1) is 11.7. The number of guanidine groups is 1. The highest BCUT2D eigenvalue weighted by Gasteiger charge is 2.08. The van der Waals surface area contributed by atoms with Crippen molar-refractivity contribution in [2.45, 2.75) is 59.0 Å². The Morgan fingerprint density at radius 2 is 2.04 bits per heavy atom. The summed E-state index contributed by atoms with van der Waals surface area (Å²) in [6.45, 7) is 7.98. The molecule has 0 aliphatic heterocycles. The molecule has 1 heterocycles. The summed E-state index contributed by atoms with van der Waals surface area (Å²) in [4.78, 5) is 9.40. The number of benzene rings is 1. The quantitative estimate of drug-likeness (QED) is 0.442. The Morgan fingerprint density at radius 3 is 2.75 bits per heavy atom.